The van der Waals surface area contributed by atoms with Crippen molar-refractivity contribution in [3.05, 3.63) is 58.2 Å². The molecule has 6 heteroatoms. The van der Waals surface area contributed by atoms with Gasteiger partial charge in [0.1, 0.15) is 0 Å². The van der Waals surface area contributed by atoms with E-state index in [1.807, 2.05) is 24.4 Å². The number of nitrogens with one attached hydrogen (secondary N) is 1. The Morgan fingerprint density at radius 3 is 2.92 bits per heavy atom. The number of anilines is 1. The summed E-state index contributed by atoms with van der Waals surface area (Å²) >= 11 is 1.63. The maximum Gasteiger partial charge on any atom is 0.265 e. The van der Waals surface area contributed by atoms with Crippen LogP contribution in [0.25, 0.3) is 5.82 Å². The van der Waals surface area contributed by atoms with Crippen molar-refractivity contribution in [2.45, 2.75) is 32.1 Å². The van der Waals surface area contributed by atoms with Crippen molar-refractivity contribution >= 4 is 22.9 Å². The summed E-state index contributed by atoms with van der Waals surface area (Å²) in [6.45, 7) is 0. The molecule has 1 N–H and O–H groups in total. The molecule has 24 heavy (non-hydrogen) atoms. The van der Waals surface area contributed by atoms with Gasteiger partial charge in [-0.25, -0.2) is 9.67 Å². The molecule has 0 bridgehead atoms. The van der Waals surface area contributed by atoms with Crippen molar-refractivity contribution in [1.29, 1.82) is 0 Å². The minimum Gasteiger partial charge on any atom is -0.320 e. The molecule has 0 fully saturated rings. The number of carbonyl (C=O) groups excluding carboxylic acids is 1. The van der Waals surface area contributed by atoms with Gasteiger partial charge in [0.15, 0.2) is 5.82 Å². The van der Waals surface area contributed by atoms with Crippen LogP contribution in [-0.4, -0.2) is 20.7 Å². The van der Waals surface area contributed by atoms with Gasteiger partial charge in [0.2, 0.25) is 0 Å². The molecule has 3 aromatic rings. The van der Waals surface area contributed by atoms with Crippen LogP contribution in [0.1, 0.15) is 39.4 Å². The summed E-state index contributed by atoms with van der Waals surface area (Å²) in [5, 5.41) is 7.07. The van der Waals surface area contributed by atoms with E-state index in [2.05, 4.69) is 21.5 Å². The van der Waals surface area contributed by atoms with Crippen molar-refractivity contribution in [2.24, 2.45) is 0 Å². The minimum absolute atomic E-state index is 0.0540. The summed E-state index contributed by atoms with van der Waals surface area (Å²) in [7, 11) is 0. The van der Waals surface area contributed by atoms with Gasteiger partial charge in [0.25, 0.3) is 5.91 Å². The highest BCUT2D eigenvalue weighted by Gasteiger charge is 2.16. The first-order chi connectivity index (χ1) is 11.8. The summed E-state index contributed by atoms with van der Waals surface area (Å²) in [4.78, 5) is 19.0. The van der Waals surface area contributed by atoms with Crippen LogP contribution in [0.4, 0.5) is 5.69 Å². The number of rotatable bonds is 3. The van der Waals surface area contributed by atoms with Gasteiger partial charge in [-0.15, -0.1) is 11.3 Å². The maximum absolute atomic E-state index is 12.5. The second-order valence-corrected chi connectivity index (χ2v) is 7.07. The molecule has 5 nitrogen and oxygen atoms in total. The molecule has 0 radical (unpaired) electrons. The Balaban J connectivity index is 1.48. The third-order valence-electron chi connectivity index (χ3n) is 4.22. The standard InChI is InChI=1S/C18H18N4OS/c23-18(16-11-13-5-2-1-3-6-15(13)24-16)21-14-7-8-17(19-12-14)22-10-4-9-20-22/h4,7-12H,1-3,5-6H2,(H,21,23). The normalized spacial score (nSPS) is 14.0. The maximum atomic E-state index is 12.5. The van der Waals surface area contributed by atoms with Crippen LogP contribution in [-0.2, 0) is 12.8 Å². The van der Waals surface area contributed by atoms with Gasteiger partial charge in [0.05, 0.1) is 16.8 Å². The molecule has 1 aliphatic rings. The van der Waals surface area contributed by atoms with Crippen molar-refractivity contribution in [3.8, 4) is 5.82 Å². The lowest BCUT2D eigenvalue weighted by atomic mass is 10.1. The lowest BCUT2D eigenvalue weighted by Crippen LogP contribution is -2.10. The van der Waals surface area contributed by atoms with Gasteiger partial charge in [-0.3, -0.25) is 4.79 Å². The van der Waals surface area contributed by atoms with Crippen LogP contribution in [0.15, 0.2) is 42.9 Å². The van der Waals surface area contributed by atoms with E-state index < -0.39 is 0 Å². The molecule has 0 saturated heterocycles. The first kappa shape index (κ1) is 15.1. The first-order valence-corrected chi connectivity index (χ1v) is 9.00. The number of nitrogens with zero attached hydrogens (tertiary/aromatic N) is 3. The zero-order valence-corrected chi connectivity index (χ0v) is 14.1. The molecule has 3 heterocycles. The van der Waals surface area contributed by atoms with E-state index in [9.17, 15) is 4.79 Å². The minimum atomic E-state index is -0.0540. The summed E-state index contributed by atoms with van der Waals surface area (Å²) in [5.41, 5.74) is 2.05. The number of hydrogen-bond donors (Lipinski definition) is 1. The number of carbonyl (C=O) groups is 1. The fourth-order valence-corrected chi connectivity index (χ4v) is 4.12. The Morgan fingerprint density at radius 1 is 1.21 bits per heavy atom. The molecule has 122 valence electrons. The highest BCUT2D eigenvalue weighted by molar-refractivity contribution is 7.14. The lowest BCUT2D eigenvalue weighted by molar-refractivity contribution is 0.103. The monoisotopic (exact) mass is 338 g/mol. The molecule has 1 amide bonds. The number of aryl methyl sites for hydroxylation is 2. The fourth-order valence-electron chi connectivity index (χ4n) is 2.97. The highest BCUT2D eigenvalue weighted by atomic mass is 32.1. The van der Waals surface area contributed by atoms with E-state index in [4.69, 9.17) is 0 Å². The number of amides is 1. The SMILES string of the molecule is O=C(Nc1ccc(-n2cccn2)nc1)c1cc2c(s1)CCCCC2. The molecule has 0 atom stereocenters. The van der Waals surface area contributed by atoms with Crippen LogP contribution in [0.3, 0.4) is 0 Å². The van der Waals surface area contributed by atoms with Gasteiger partial charge < -0.3 is 5.32 Å². The number of fused-ring (bicyclic) bond motifs is 1. The van der Waals surface area contributed by atoms with Crippen molar-refractivity contribution in [3.63, 3.8) is 0 Å². The predicted molar refractivity (Wildman–Crippen MR) is 94.9 cm³/mol. The zero-order valence-electron chi connectivity index (χ0n) is 13.2. The van der Waals surface area contributed by atoms with Crippen LogP contribution in [0.5, 0.6) is 0 Å². The van der Waals surface area contributed by atoms with E-state index in [-0.39, 0.29) is 5.91 Å². The van der Waals surface area contributed by atoms with E-state index in [1.54, 1.807) is 28.4 Å². The molecule has 0 aromatic carbocycles. The zero-order chi connectivity index (χ0) is 16.4. The molecule has 4 rings (SSSR count). The molecule has 0 saturated carbocycles. The predicted octanol–water partition coefficient (Wildman–Crippen LogP) is 3.85. The van der Waals surface area contributed by atoms with Gasteiger partial charge >= 0.3 is 0 Å². The van der Waals surface area contributed by atoms with Crippen molar-refractivity contribution in [1.82, 2.24) is 14.8 Å². The third kappa shape index (κ3) is 3.10. The average molecular weight is 338 g/mol. The molecule has 3 aromatic heterocycles. The second-order valence-electron chi connectivity index (χ2n) is 5.93. The molecule has 0 unspecified atom stereocenters. The smallest absolute Gasteiger partial charge is 0.265 e. The fraction of sp³-hybridized carbons (Fsp3) is 0.278. The summed E-state index contributed by atoms with van der Waals surface area (Å²) in [6, 6.07) is 7.59. The lowest BCUT2D eigenvalue weighted by Gasteiger charge is -2.05. The van der Waals surface area contributed by atoms with E-state index in [1.165, 1.54) is 29.7 Å². The number of pyridine rings is 1. The summed E-state index contributed by atoms with van der Waals surface area (Å²) in [5.74, 6) is 0.669. The van der Waals surface area contributed by atoms with Crippen molar-refractivity contribution < 1.29 is 4.79 Å². The number of aromatic nitrogens is 3. The molecular weight excluding hydrogens is 320 g/mol. The van der Waals surface area contributed by atoms with Crippen LogP contribution in [0, 0.1) is 0 Å². The van der Waals surface area contributed by atoms with E-state index in [0.717, 1.165) is 23.5 Å². The molecule has 1 aliphatic carbocycles. The van der Waals surface area contributed by atoms with E-state index >= 15 is 0 Å². The Hall–Kier alpha value is -2.47. The Bertz CT molecular complexity index is 813. The Morgan fingerprint density at radius 2 is 2.12 bits per heavy atom. The topological polar surface area (TPSA) is 59.8 Å². The van der Waals surface area contributed by atoms with Gasteiger partial charge in [0, 0.05) is 17.3 Å². The van der Waals surface area contributed by atoms with Crippen molar-refractivity contribution in [2.75, 3.05) is 5.32 Å². The van der Waals surface area contributed by atoms with E-state index in [0.29, 0.717) is 5.69 Å². The largest absolute Gasteiger partial charge is 0.320 e. The Kier molecular flexibility index (Phi) is 4.13. The van der Waals surface area contributed by atoms with Crippen LogP contribution >= 0.6 is 11.3 Å². The van der Waals surface area contributed by atoms with Gasteiger partial charge in [-0.1, -0.05) is 6.42 Å². The Labute approximate surface area is 144 Å². The molecule has 0 aliphatic heterocycles. The average Bonchev–Trinajstić information content (AvgIpc) is 3.22. The molecule has 0 spiro atoms. The highest BCUT2D eigenvalue weighted by Crippen LogP contribution is 2.29. The second kappa shape index (κ2) is 6.57. The first-order valence-electron chi connectivity index (χ1n) is 8.18. The van der Waals surface area contributed by atoms with Gasteiger partial charge in [-0.05, 0) is 55.5 Å². The summed E-state index contributed by atoms with van der Waals surface area (Å²) < 4.78 is 1.68. The van der Waals surface area contributed by atoms with Crippen LogP contribution < -0.4 is 5.32 Å². The number of hydrogen-bond acceptors (Lipinski definition) is 4. The van der Waals surface area contributed by atoms with Crippen LogP contribution in [0.2, 0.25) is 0 Å². The van der Waals surface area contributed by atoms with Gasteiger partial charge in [-0.2, -0.15) is 5.10 Å². The molecular formula is C18H18N4OS. The quantitative estimate of drug-likeness (QED) is 0.738. The number of thiophene rings is 1. The third-order valence-corrected chi connectivity index (χ3v) is 5.45. The summed E-state index contributed by atoms with van der Waals surface area (Å²) in [6.07, 6.45) is 11.1.